The van der Waals surface area contributed by atoms with Gasteiger partial charge in [-0.05, 0) is 12.7 Å². The molecule has 1 aromatic heterocycles. The van der Waals surface area contributed by atoms with Crippen molar-refractivity contribution in [2.24, 2.45) is 0 Å². The van der Waals surface area contributed by atoms with Crippen molar-refractivity contribution in [3.8, 4) is 0 Å². The third-order valence-corrected chi connectivity index (χ3v) is 4.01. The molecule has 4 nitrogen and oxygen atoms in total. The van der Waals surface area contributed by atoms with E-state index in [-0.39, 0.29) is 12.4 Å². The first-order valence-electron chi connectivity index (χ1n) is 5.51. The van der Waals surface area contributed by atoms with Crippen LogP contribution in [0.3, 0.4) is 0 Å². The maximum Gasteiger partial charge on any atom is 0.311 e. The molecule has 0 bridgehead atoms. The molecule has 1 atom stereocenters. The summed E-state index contributed by atoms with van der Waals surface area (Å²) in [6.45, 7) is 4.28. The molecule has 1 N–H and O–H groups in total. The molecule has 0 aliphatic rings. The molecule has 0 aliphatic heterocycles. The molecule has 0 aromatic carbocycles. The first-order chi connectivity index (χ1) is 8.15. The van der Waals surface area contributed by atoms with Crippen LogP contribution < -0.4 is 5.32 Å². The number of anilines is 1. The van der Waals surface area contributed by atoms with Gasteiger partial charge in [-0.15, -0.1) is 11.3 Å². The number of nitrogens with zero attached hydrogens (tertiary/aromatic N) is 1. The van der Waals surface area contributed by atoms with Crippen LogP contribution in [-0.2, 0) is 16.0 Å². The van der Waals surface area contributed by atoms with Gasteiger partial charge in [-0.2, -0.15) is 11.8 Å². The third kappa shape index (κ3) is 5.41. The summed E-state index contributed by atoms with van der Waals surface area (Å²) in [5.74, 6) is 1.93. The highest BCUT2D eigenvalue weighted by molar-refractivity contribution is 7.99. The van der Waals surface area contributed by atoms with Crippen molar-refractivity contribution in [3.63, 3.8) is 0 Å². The lowest BCUT2D eigenvalue weighted by atomic mass is 10.3. The smallest absolute Gasteiger partial charge is 0.311 e. The number of nitrogens with one attached hydrogen (secondary N) is 1. The van der Waals surface area contributed by atoms with E-state index in [0.717, 1.165) is 22.3 Å². The van der Waals surface area contributed by atoms with Crippen LogP contribution in [0.15, 0.2) is 5.38 Å². The fourth-order valence-electron chi connectivity index (χ4n) is 1.22. The standard InChI is InChI=1S/C11H18N2O2S2/c1-4-16-6-8(2)12-11-13-9(7-17-11)5-10(14)15-3/h7-8H,4-6H2,1-3H3,(H,12,13). The van der Waals surface area contributed by atoms with Gasteiger partial charge in [-0.3, -0.25) is 4.79 Å². The zero-order valence-electron chi connectivity index (χ0n) is 10.4. The molecular weight excluding hydrogens is 256 g/mol. The van der Waals surface area contributed by atoms with Gasteiger partial charge in [0.1, 0.15) is 0 Å². The van der Waals surface area contributed by atoms with Gasteiger partial charge in [0.05, 0.1) is 19.2 Å². The van der Waals surface area contributed by atoms with E-state index in [9.17, 15) is 4.79 Å². The Bertz CT molecular complexity index is 355. The van der Waals surface area contributed by atoms with Gasteiger partial charge < -0.3 is 10.1 Å². The number of thiazole rings is 1. The number of aromatic nitrogens is 1. The average molecular weight is 274 g/mol. The van der Waals surface area contributed by atoms with Gasteiger partial charge in [0.2, 0.25) is 0 Å². The number of carbonyl (C=O) groups is 1. The number of hydrogen-bond acceptors (Lipinski definition) is 6. The molecule has 96 valence electrons. The molecule has 1 unspecified atom stereocenters. The van der Waals surface area contributed by atoms with Crippen LogP contribution in [0.1, 0.15) is 19.5 Å². The van der Waals surface area contributed by atoms with E-state index in [1.54, 1.807) is 0 Å². The zero-order valence-corrected chi connectivity index (χ0v) is 12.0. The second-order valence-electron chi connectivity index (χ2n) is 3.60. The minimum absolute atomic E-state index is 0.243. The van der Waals surface area contributed by atoms with Gasteiger partial charge in [-0.25, -0.2) is 4.98 Å². The van der Waals surface area contributed by atoms with Crippen LogP contribution in [-0.4, -0.2) is 35.6 Å². The van der Waals surface area contributed by atoms with E-state index in [1.807, 2.05) is 17.1 Å². The van der Waals surface area contributed by atoms with E-state index in [0.29, 0.717) is 6.04 Å². The van der Waals surface area contributed by atoms with Crippen molar-refractivity contribution in [2.45, 2.75) is 26.3 Å². The van der Waals surface area contributed by atoms with Crippen LogP contribution in [0.5, 0.6) is 0 Å². The van der Waals surface area contributed by atoms with Gasteiger partial charge >= 0.3 is 5.97 Å². The van der Waals surface area contributed by atoms with Crippen LogP contribution in [0, 0.1) is 0 Å². The summed E-state index contributed by atoms with van der Waals surface area (Å²) in [6, 6.07) is 0.386. The van der Waals surface area contributed by atoms with Crippen LogP contribution in [0.25, 0.3) is 0 Å². The molecule has 0 aliphatic carbocycles. The summed E-state index contributed by atoms with van der Waals surface area (Å²) in [5.41, 5.74) is 0.764. The quantitative estimate of drug-likeness (QED) is 0.774. The lowest BCUT2D eigenvalue weighted by molar-refractivity contribution is -0.139. The number of methoxy groups -OCH3 is 1. The highest BCUT2D eigenvalue weighted by atomic mass is 32.2. The lowest BCUT2D eigenvalue weighted by Gasteiger charge is -2.11. The predicted molar refractivity (Wildman–Crippen MR) is 73.9 cm³/mol. The van der Waals surface area contributed by atoms with Crippen LogP contribution in [0.4, 0.5) is 5.13 Å². The number of carbonyl (C=O) groups excluding carboxylic acids is 1. The van der Waals surface area contributed by atoms with E-state index in [2.05, 4.69) is 28.9 Å². The molecule has 0 fully saturated rings. The highest BCUT2D eigenvalue weighted by Gasteiger charge is 2.09. The van der Waals surface area contributed by atoms with E-state index in [1.165, 1.54) is 18.4 Å². The van der Waals surface area contributed by atoms with Gasteiger partial charge in [-0.1, -0.05) is 6.92 Å². The topological polar surface area (TPSA) is 51.2 Å². The molecule has 6 heteroatoms. The Labute approximate surface area is 110 Å². The monoisotopic (exact) mass is 274 g/mol. The maximum absolute atomic E-state index is 11.1. The Kier molecular flexibility index (Phi) is 6.36. The molecule has 0 saturated heterocycles. The summed E-state index contributed by atoms with van der Waals surface area (Å²) in [7, 11) is 1.39. The van der Waals surface area contributed by atoms with E-state index >= 15 is 0 Å². The van der Waals surface area contributed by atoms with Crippen molar-refractivity contribution in [3.05, 3.63) is 11.1 Å². The maximum atomic E-state index is 11.1. The Morgan fingerprint density at radius 3 is 3.12 bits per heavy atom. The fourth-order valence-corrected chi connectivity index (χ4v) is 2.72. The van der Waals surface area contributed by atoms with Gasteiger partial charge in [0, 0.05) is 17.2 Å². The molecular formula is C11H18N2O2S2. The minimum atomic E-state index is -0.253. The Balaban J connectivity index is 2.42. The van der Waals surface area contributed by atoms with Crippen LogP contribution in [0.2, 0.25) is 0 Å². The molecule has 0 spiro atoms. The molecule has 0 amide bonds. The third-order valence-electron chi connectivity index (χ3n) is 2.05. The average Bonchev–Trinajstić information content (AvgIpc) is 2.73. The van der Waals surface area contributed by atoms with Crippen molar-refractivity contribution in [2.75, 3.05) is 23.9 Å². The molecule has 1 heterocycles. The molecule has 17 heavy (non-hydrogen) atoms. The molecule has 1 rings (SSSR count). The summed E-state index contributed by atoms with van der Waals surface area (Å²) < 4.78 is 4.60. The lowest BCUT2D eigenvalue weighted by Crippen LogP contribution is -2.18. The molecule has 0 saturated carbocycles. The first-order valence-corrected chi connectivity index (χ1v) is 7.54. The van der Waals surface area contributed by atoms with Gasteiger partial charge in [0.15, 0.2) is 5.13 Å². The second kappa shape index (κ2) is 7.55. The van der Waals surface area contributed by atoms with Crippen molar-refractivity contribution >= 4 is 34.2 Å². The Morgan fingerprint density at radius 1 is 1.71 bits per heavy atom. The number of esters is 1. The number of ether oxygens (including phenoxy) is 1. The highest BCUT2D eigenvalue weighted by Crippen LogP contribution is 2.18. The number of hydrogen-bond donors (Lipinski definition) is 1. The first kappa shape index (κ1) is 14.3. The predicted octanol–water partition coefficient (Wildman–Crippen LogP) is 2.41. The number of rotatable bonds is 7. The van der Waals surface area contributed by atoms with E-state index in [4.69, 9.17) is 0 Å². The largest absolute Gasteiger partial charge is 0.469 e. The normalized spacial score (nSPS) is 12.2. The SMILES string of the molecule is CCSCC(C)Nc1nc(CC(=O)OC)cs1. The summed E-state index contributed by atoms with van der Waals surface area (Å²) in [4.78, 5) is 15.4. The van der Waals surface area contributed by atoms with Crippen molar-refractivity contribution < 1.29 is 9.53 Å². The second-order valence-corrected chi connectivity index (χ2v) is 5.78. The number of thioether (sulfide) groups is 1. The zero-order chi connectivity index (χ0) is 12.7. The van der Waals surface area contributed by atoms with Gasteiger partial charge in [0.25, 0.3) is 0 Å². The Morgan fingerprint density at radius 2 is 2.47 bits per heavy atom. The summed E-state index contributed by atoms with van der Waals surface area (Å²) in [5, 5.41) is 6.08. The summed E-state index contributed by atoms with van der Waals surface area (Å²) in [6.07, 6.45) is 0.243. The van der Waals surface area contributed by atoms with Crippen molar-refractivity contribution in [1.29, 1.82) is 0 Å². The Hall–Kier alpha value is -0.750. The van der Waals surface area contributed by atoms with E-state index < -0.39 is 0 Å². The summed E-state index contributed by atoms with van der Waals surface area (Å²) >= 11 is 3.42. The van der Waals surface area contributed by atoms with Crippen molar-refractivity contribution in [1.82, 2.24) is 4.98 Å². The molecule has 0 radical (unpaired) electrons. The van der Waals surface area contributed by atoms with Crippen LogP contribution >= 0.6 is 23.1 Å². The fraction of sp³-hybridized carbons (Fsp3) is 0.636. The molecule has 1 aromatic rings. The minimum Gasteiger partial charge on any atom is -0.469 e.